The fourth-order valence-corrected chi connectivity index (χ4v) is 8.02. The van der Waals surface area contributed by atoms with Crippen LogP contribution in [0.4, 0.5) is 0 Å². The molecule has 0 spiro atoms. The van der Waals surface area contributed by atoms with Gasteiger partial charge in [0.15, 0.2) is 0 Å². The molecule has 0 saturated carbocycles. The van der Waals surface area contributed by atoms with Crippen LogP contribution in [-0.2, 0) is 0 Å². The van der Waals surface area contributed by atoms with Gasteiger partial charge in [-0.2, -0.15) is 0 Å². The first kappa shape index (κ1) is 11.8. The Labute approximate surface area is 80.4 Å². The van der Waals surface area contributed by atoms with Crippen LogP contribution < -0.4 is 0 Å². The van der Waals surface area contributed by atoms with Crippen molar-refractivity contribution in [2.75, 3.05) is 0 Å². The Bertz CT molecular complexity index is 136. The zero-order chi connectivity index (χ0) is 8.91. The Morgan fingerprint density at radius 3 is 2.09 bits per heavy atom. The van der Waals surface area contributed by atoms with Crippen molar-refractivity contribution in [3.05, 3.63) is 11.6 Å². The summed E-state index contributed by atoms with van der Waals surface area (Å²) in [7, 11) is 0. The minimum absolute atomic E-state index is 1.36. The maximum atomic E-state index is 3.97. The van der Waals surface area contributed by atoms with E-state index in [1.54, 1.807) is 5.57 Å². The molecule has 66 valence electrons. The topological polar surface area (TPSA) is 0 Å². The third kappa shape index (κ3) is 4.36. The van der Waals surface area contributed by atoms with Gasteiger partial charge in [-0.3, -0.25) is 0 Å². The second-order valence-corrected chi connectivity index (χ2v) is 20.4. The Kier molecular flexibility index (Phi) is 5.79. The Morgan fingerprint density at radius 2 is 1.82 bits per heavy atom. The molecule has 0 bridgehead atoms. The second-order valence-electron chi connectivity index (χ2n) is 3.17. The van der Waals surface area contributed by atoms with E-state index in [1.165, 1.54) is 15.8 Å². The monoisotopic (exact) mass is 280 g/mol. The van der Waals surface area contributed by atoms with Gasteiger partial charge in [0, 0.05) is 0 Å². The number of rotatable bonds is 4. The fraction of sp³-hybridized carbons (Fsp3) is 0.778. The molecule has 0 unspecified atom stereocenters. The van der Waals surface area contributed by atoms with Crippen molar-refractivity contribution in [1.82, 2.24) is 0 Å². The molecule has 0 atom stereocenters. The predicted octanol–water partition coefficient (Wildman–Crippen LogP) is 4.33. The first-order valence-electron chi connectivity index (χ1n) is 4.38. The zero-order valence-electron chi connectivity index (χ0n) is 8.08. The van der Waals surface area contributed by atoms with Crippen LogP contribution in [0.2, 0.25) is 15.8 Å². The molecule has 0 nitrogen and oxygen atoms in total. The van der Waals surface area contributed by atoms with Gasteiger partial charge < -0.3 is 0 Å². The van der Waals surface area contributed by atoms with Crippen LogP contribution >= 0.6 is 14.0 Å². The van der Waals surface area contributed by atoms with Gasteiger partial charge in [0.05, 0.1) is 0 Å². The van der Waals surface area contributed by atoms with E-state index < -0.39 is 11.4 Å². The molecule has 0 amide bonds. The second kappa shape index (κ2) is 5.42. The van der Waals surface area contributed by atoms with Gasteiger partial charge in [-0.1, -0.05) is 0 Å². The maximum absolute atomic E-state index is 3.97. The van der Waals surface area contributed by atoms with E-state index in [9.17, 15) is 0 Å². The molecule has 0 aromatic heterocycles. The molecule has 0 aliphatic heterocycles. The van der Waals surface area contributed by atoms with E-state index in [4.69, 9.17) is 0 Å². The molecule has 11 heavy (non-hydrogen) atoms. The van der Waals surface area contributed by atoms with Gasteiger partial charge in [-0.25, -0.2) is 0 Å². The Hall–Kier alpha value is 0.763. The molecule has 0 heterocycles. The van der Waals surface area contributed by atoms with Crippen molar-refractivity contribution in [2.24, 2.45) is 0 Å². The van der Waals surface area contributed by atoms with Gasteiger partial charge in [0.1, 0.15) is 0 Å². The number of hydrogen-bond donors (Lipinski definition) is 0. The van der Waals surface area contributed by atoms with Gasteiger partial charge in [0.25, 0.3) is 0 Å². The summed E-state index contributed by atoms with van der Waals surface area (Å²) in [6.07, 6.45) is 2.24. The molecule has 0 aromatic carbocycles. The molecule has 2 heteroatoms. The van der Waals surface area contributed by atoms with Crippen LogP contribution in [0.1, 0.15) is 27.7 Å². The third-order valence-electron chi connectivity index (χ3n) is 2.36. The van der Waals surface area contributed by atoms with Crippen molar-refractivity contribution in [2.45, 2.75) is 43.5 Å². The summed E-state index contributed by atoms with van der Waals surface area (Å²) in [5, 5.41) is 4.15. The van der Waals surface area contributed by atoms with Gasteiger partial charge >= 0.3 is 80.5 Å². The summed E-state index contributed by atoms with van der Waals surface area (Å²) in [6, 6.07) is 0. The first-order valence-corrected chi connectivity index (χ1v) is 13.7. The van der Waals surface area contributed by atoms with Gasteiger partial charge in [0.2, 0.25) is 0 Å². The normalized spacial score (nSPS) is 13.7. The number of allylic oxidation sites excluding steroid dienone is 2. The van der Waals surface area contributed by atoms with Crippen LogP contribution in [0.3, 0.4) is 0 Å². The molecule has 0 fully saturated rings. The van der Waals surface area contributed by atoms with E-state index >= 15 is 0 Å². The number of hydrogen-bond acceptors (Lipinski definition) is 0. The predicted molar refractivity (Wildman–Crippen MR) is 59.9 cm³/mol. The number of halogens is 1. The van der Waals surface area contributed by atoms with Crippen molar-refractivity contribution in [3.63, 3.8) is 0 Å². The van der Waals surface area contributed by atoms with E-state index in [2.05, 4.69) is 47.8 Å². The molecule has 0 saturated heterocycles. The van der Waals surface area contributed by atoms with Gasteiger partial charge in [-0.15, -0.1) is 0 Å². The van der Waals surface area contributed by atoms with Crippen LogP contribution in [0, 0.1) is 0 Å². The average Bonchev–Trinajstić information content (AvgIpc) is 2.04. The molecule has 0 rings (SSSR count). The van der Waals surface area contributed by atoms with Crippen LogP contribution in [0.15, 0.2) is 11.6 Å². The molecular formula is C9H19BrGe. The fourth-order valence-electron chi connectivity index (χ4n) is 1.10. The quantitative estimate of drug-likeness (QED) is 0.531. The molecule has 0 aromatic rings. The zero-order valence-corrected chi connectivity index (χ0v) is 11.8. The van der Waals surface area contributed by atoms with Crippen LogP contribution in [0.5, 0.6) is 0 Å². The summed E-state index contributed by atoms with van der Waals surface area (Å²) in [4.78, 5) is 0. The summed E-state index contributed by atoms with van der Waals surface area (Å²) in [5.74, 6) is 0. The molecule has 0 aliphatic rings. The Balaban J connectivity index is 4.08. The third-order valence-corrected chi connectivity index (χ3v) is 17.5. The van der Waals surface area contributed by atoms with Crippen LogP contribution in [-0.4, -0.2) is 11.4 Å². The van der Waals surface area contributed by atoms with E-state index in [0.717, 1.165) is 0 Å². The summed E-state index contributed by atoms with van der Waals surface area (Å²) in [5.41, 5.74) is 1.56. The van der Waals surface area contributed by atoms with E-state index in [0.29, 0.717) is 0 Å². The van der Waals surface area contributed by atoms with Crippen molar-refractivity contribution in [3.8, 4) is 0 Å². The minimum atomic E-state index is -1.52. The van der Waals surface area contributed by atoms with Gasteiger partial charge in [-0.05, 0) is 0 Å². The summed E-state index contributed by atoms with van der Waals surface area (Å²) < 4.78 is 0. The molecule has 0 aliphatic carbocycles. The summed E-state index contributed by atoms with van der Waals surface area (Å²) >= 11 is 2.45. The van der Waals surface area contributed by atoms with E-state index in [1.807, 2.05) is 0 Å². The van der Waals surface area contributed by atoms with E-state index in [-0.39, 0.29) is 0 Å². The van der Waals surface area contributed by atoms with Crippen molar-refractivity contribution in [1.29, 1.82) is 0 Å². The van der Waals surface area contributed by atoms with Crippen molar-refractivity contribution < 1.29 is 0 Å². The van der Waals surface area contributed by atoms with Crippen LogP contribution in [0.25, 0.3) is 0 Å². The summed E-state index contributed by atoms with van der Waals surface area (Å²) in [6.45, 7) is 9.02. The van der Waals surface area contributed by atoms with Crippen molar-refractivity contribution >= 4 is 25.4 Å². The molecule has 0 radical (unpaired) electrons. The average molecular weight is 280 g/mol. The standard InChI is InChI=1S/C9H19BrGe/c1-5-9(4)8-11(10,6-2)7-3/h5H,6-8H2,1-4H3/b9-5-. The molecule has 0 N–H and O–H groups in total. The molecular weight excluding hydrogens is 261 g/mol. The Morgan fingerprint density at radius 1 is 1.36 bits per heavy atom. The first-order chi connectivity index (χ1) is 5.08. The SMILES string of the molecule is C/C=C(/C)[CH2][Ge]([Br])([CH2]C)[CH2]C.